The van der Waals surface area contributed by atoms with Gasteiger partial charge in [-0.3, -0.25) is 10.1 Å². The zero-order valence-electron chi connectivity index (χ0n) is 12.8. The van der Waals surface area contributed by atoms with Crippen LogP contribution in [0.15, 0.2) is 41.0 Å². The van der Waals surface area contributed by atoms with Crippen molar-refractivity contribution in [3.05, 3.63) is 51.7 Å². The van der Waals surface area contributed by atoms with E-state index in [1.807, 2.05) is 6.92 Å². The summed E-state index contributed by atoms with van der Waals surface area (Å²) in [5, 5.41) is 6.03. The van der Waals surface area contributed by atoms with Gasteiger partial charge in [-0.25, -0.2) is 4.98 Å². The fraction of sp³-hybridized carbons (Fsp3) is 0.188. The molecule has 24 heavy (non-hydrogen) atoms. The largest absolute Gasteiger partial charge is 0.492 e. The first kappa shape index (κ1) is 18.6. The number of aromatic nitrogens is 1. The lowest BCUT2D eigenvalue weighted by Crippen LogP contribution is -2.34. The van der Waals surface area contributed by atoms with Crippen LogP contribution in [0.2, 0.25) is 5.15 Å². The summed E-state index contributed by atoms with van der Waals surface area (Å²) >= 11 is 14.2. The quantitative estimate of drug-likeness (QED) is 0.545. The van der Waals surface area contributed by atoms with Gasteiger partial charge in [0, 0.05) is 5.56 Å². The third kappa shape index (κ3) is 5.43. The predicted octanol–water partition coefficient (Wildman–Crippen LogP) is 4.41. The summed E-state index contributed by atoms with van der Waals surface area (Å²) in [6.07, 6.45) is 2.44. The molecule has 8 heteroatoms. The number of halogens is 2. The Labute approximate surface area is 158 Å². The fourth-order valence-corrected chi connectivity index (χ4v) is 2.57. The number of thiocarbonyl (C=S) groups is 1. The summed E-state index contributed by atoms with van der Waals surface area (Å²) in [5.41, 5.74) is 1.10. The van der Waals surface area contributed by atoms with Gasteiger partial charge >= 0.3 is 0 Å². The number of ether oxygens (including phenoxy) is 1. The number of amides is 1. The summed E-state index contributed by atoms with van der Waals surface area (Å²) in [7, 11) is 0. The molecule has 1 aromatic carbocycles. The second-order valence-electron chi connectivity index (χ2n) is 4.77. The van der Waals surface area contributed by atoms with Crippen LogP contribution in [0.25, 0.3) is 0 Å². The number of nitrogens with zero attached hydrogens (tertiary/aromatic N) is 1. The molecule has 0 aliphatic carbocycles. The molecule has 0 unspecified atom stereocenters. The molecule has 1 aromatic heterocycles. The van der Waals surface area contributed by atoms with E-state index >= 15 is 0 Å². The van der Waals surface area contributed by atoms with Crippen LogP contribution in [0.3, 0.4) is 0 Å². The van der Waals surface area contributed by atoms with Crippen molar-refractivity contribution in [1.29, 1.82) is 0 Å². The Morgan fingerprint density at radius 1 is 1.38 bits per heavy atom. The van der Waals surface area contributed by atoms with Crippen molar-refractivity contribution in [3.8, 4) is 5.75 Å². The minimum absolute atomic E-state index is 0.173. The summed E-state index contributed by atoms with van der Waals surface area (Å²) in [4.78, 5) is 16.2. The van der Waals surface area contributed by atoms with E-state index in [-0.39, 0.29) is 11.0 Å². The molecule has 1 heterocycles. The van der Waals surface area contributed by atoms with Crippen molar-refractivity contribution in [2.24, 2.45) is 0 Å². The van der Waals surface area contributed by atoms with Gasteiger partial charge in [-0.05, 0) is 64.9 Å². The van der Waals surface area contributed by atoms with Crippen molar-refractivity contribution in [1.82, 2.24) is 10.3 Å². The molecule has 0 aliphatic rings. The van der Waals surface area contributed by atoms with Crippen LogP contribution >= 0.6 is 39.7 Å². The zero-order chi connectivity index (χ0) is 17.5. The van der Waals surface area contributed by atoms with Gasteiger partial charge in [-0.15, -0.1) is 0 Å². The molecule has 2 rings (SSSR count). The molecular weight excluding hydrogens is 414 g/mol. The second-order valence-corrected chi connectivity index (χ2v) is 6.42. The van der Waals surface area contributed by atoms with Crippen LogP contribution in [-0.2, 0) is 0 Å². The predicted molar refractivity (Wildman–Crippen MR) is 103 cm³/mol. The molecule has 0 fully saturated rings. The Hall–Kier alpha value is -1.70. The van der Waals surface area contributed by atoms with Gasteiger partial charge in [0.05, 0.1) is 23.0 Å². The number of carbonyl (C=O) groups excluding carboxylic acids is 1. The smallest absolute Gasteiger partial charge is 0.257 e. The van der Waals surface area contributed by atoms with E-state index in [1.54, 1.807) is 30.3 Å². The Morgan fingerprint density at radius 2 is 2.17 bits per heavy atom. The van der Waals surface area contributed by atoms with Crippen LogP contribution in [0.1, 0.15) is 23.7 Å². The molecule has 126 valence electrons. The average molecular weight is 429 g/mol. The van der Waals surface area contributed by atoms with Crippen molar-refractivity contribution in [3.63, 3.8) is 0 Å². The molecule has 2 N–H and O–H groups in total. The van der Waals surface area contributed by atoms with E-state index in [0.29, 0.717) is 33.2 Å². The maximum atomic E-state index is 12.2. The molecular formula is C16H15BrClN3O2S. The number of pyridine rings is 1. The van der Waals surface area contributed by atoms with Crippen LogP contribution in [0.5, 0.6) is 5.75 Å². The zero-order valence-corrected chi connectivity index (χ0v) is 16.0. The number of hydrogen-bond donors (Lipinski definition) is 2. The lowest BCUT2D eigenvalue weighted by atomic mass is 10.2. The first-order chi connectivity index (χ1) is 11.5. The van der Waals surface area contributed by atoms with Crippen LogP contribution in [-0.4, -0.2) is 22.6 Å². The van der Waals surface area contributed by atoms with E-state index in [4.69, 9.17) is 28.6 Å². The Bertz CT molecular complexity index is 741. The van der Waals surface area contributed by atoms with Gasteiger partial charge in [0.2, 0.25) is 0 Å². The van der Waals surface area contributed by atoms with Gasteiger partial charge in [-0.1, -0.05) is 18.5 Å². The van der Waals surface area contributed by atoms with Crippen LogP contribution < -0.4 is 15.4 Å². The third-order valence-corrected chi connectivity index (χ3v) is 3.92. The minimum Gasteiger partial charge on any atom is -0.492 e. The summed E-state index contributed by atoms with van der Waals surface area (Å²) in [6.45, 7) is 2.65. The Morgan fingerprint density at radius 3 is 2.79 bits per heavy atom. The molecule has 0 bridgehead atoms. The molecule has 2 aromatic rings. The molecule has 5 nitrogen and oxygen atoms in total. The van der Waals surface area contributed by atoms with Gasteiger partial charge in [0.1, 0.15) is 10.9 Å². The molecule has 0 saturated heterocycles. The van der Waals surface area contributed by atoms with E-state index in [1.165, 1.54) is 6.20 Å². The second kappa shape index (κ2) is 8.96. The average Bonchev–Trinajstić information content (AvgIpc) is 2.55. The SMILES string of the molecule is CCCOc1ccc(C(=O)NC(=S)Nc2ccc(Cl)nc2)cc1Br. The lowest BCUT2D eigenvalue weighted by Gasteiger charge is -2.11. The lowest BCUT2D eigenvalue weighted by molar-refractivity contribution is 0.0977. The van der Waals surface area contributed by atoms with E-state index in [0.717, 1.165) is 6.42 Å². The minimum atomic E-state index is -0.322. The Balaban J connectivity index is 1.97. The van der Waals surface area contributed by atoms with Crippen LogP contribution in [0, 0.1) is 0 Å². The molecule has 0 radical (unpaired) electrons. The van der Waals surface area contributed by atoms with Crippen molar-refractivity contribution in [2.75, 3.05) is 11.9 Å². The van der Waals surface area contributed by atoms with Gasteiger partial charge in [0.15, 0.2) is 5.11 Å². The number of carbonyl (C=O) groups is 1. The highest BCUT2D eigenvalue weighted by Crippen LogP contribution is 2.26. The normalized spacial score (nSPS) is 10.1. The first-order valence-corrected chi connectivity index (χ1v) is 8.73. The first-order valence-electron chi connectivity index (χ1n) is 7.16. The Kier molecular flexibility index (Phi) is 6.96. The van der Waals surface area contributed by atoms with Crippen LogP contribution in [0.4, 0.5) is 5.69 Å². The highest BCUT2D eigenvalue weighted by molar-refractivity contribution is 9.10. The maximum absolute atomic E-state index is 12.2. The molecule has 0 spiro atoms. The van der Waals surface area contributed by atoms with E-state index < -0.39 is 0 Å². The van der Waals surface area contributed by atoms with E-state index in [9.17, 15) is 4.79 Å². The maximum Gasteiger partial charge on any atom is 0.257 e. The number of nitrogens with one attached hydrogen (secondary N) is 2. The van der Waals surface area contributed by atoms with Crippen molar-refractivity contribution < 1.29 is 9.53 Å². The molecule has 0 saturated carbocycles. The topological polar surface area (TPSA) is 63.2 Å². The molecule has 0 aliphatic heterocycles. The summed E-state index contributed by atoms with van der Waals surface area (Å²) in [5.74, 6) is 0.374. The number of rotatable bonds is 5. The van der Waals surface area contributed by atoms with E-state index in [2.05, 4.69) is 31.5 Å². The molecule has 0 atom stereocenters. The van der Waals surface area contributed by atoms with Gasteiger partial charge < -0.3 is 10.1 Å². The van der Waals surface area contributed by atoms with Gasteiger partial charge in [-0.2, -0.15) is 0 Å². The molecule has 1 amide bonds. The fourth-order valence-electron chi connectivity index (χ4n) is 1.76. The van der Waals surface area contributed by atoms with Crippen molar-refractivity contribution in [2.45, 2.75) is 13.3 Å². The van der Waals surface area contributed by atoms with Gasteiger partial charge in [0.25, 0.3) is 5.91 Å². The summed E-state index contributed by atoms with van der Waals surface area (Å²) < 4.78 is 6.27. The number of anilines is 1. The monoisotopic (exact) mass is 427 g/mol. The van der Waals surface area contributed by atoms with Crippen molar-refractivity contribution >= 4 is 56.5 Å². The highest BCUT2D eigenvalue weighted by Gasteiger charge is 2.11. The summed E-state index contributed by atoms with van der Waals surface area (Å²) in [6, 6.07) is 8.45. The number of benzene rings is 1. The third-order valence-electron chi connectivity index (χ3n) is 2.87. The highest BCUT2D eigenvalue weighted by atomic mass is 79.9. The standard InChI is InChI=1S/C16H15BrClN3O2S/c1-2-7-23-13-5-3-10(8-12(13)17)15(22)21-16(24)20-11-4-6-14(18)19-9-11/h3-6,8-9H,2,7H2,1H3,(H2,20,21,22,24). The number of hydrogen-bond acceptors (Lipinski definition) is 4.